The van der Waals surface area contributed by atoms with E-state index >= 15 is 0 Å². The molecule has 1 aliphatic rings. The zero-order valence-corrected chi connectivity index (χ0v) is 11.2. The minimum atomic E-state index is -2.62. The number of benzene rings is 1. The van der Waals surface area contributed by atoms with Gasteiger partial charge in [0.05, 0.1) is 6.61 Å². The van der Waals surface area contributed by atoms with Gasteiger partial charge in [-0.2, -0.15) is 0 Å². The minimum Gasteiger partial charge on any atom is -0.394 e. The first kappa shape index (κ1) is 15.5. The Hall–Kier alpha value is -0.870. The van der Waals surface area contributed by atoms with Crippen LogP contribution >= 0.6 is 0 Å². The van der Waals surface area contributed by atoms with Gasteiger partial charge in [0.15, 0.2) is 0 Å². The SMILES string of the molecule is O=S(c1ccccc1)[C@]1(O)O[C@H](CO)[C@H](O)[C@H](O)[C@H]1O. The molecule has 0 spiro atoms. The zero-order valence-electron chi connectivity index (χ0n) is 10.4. The van der Waals surface area contributed by atoms with E-state index in [1.54, 1.807) is 18.2 Å². The van der Waals surface area contributed by atoms with Crippen LogP contribution in [0.25, 0.3) is 0 Å². The second-order valence-electron chi connectivity index (χ2n) is 4.48. The number of hydrogen-bond acceptors (Lipinski definition) is 7. The number of aliphatic hydroxyl groups excluding tert-OH is 4. The van der Waals surface area contributed by atoms with E-state index in [9.17, 15) is 24.6 Å². The summed E-state index contributed by atoms with van der Waals surface area (Å²) >= 11 is 0. The number of hydrogen-bond donors (Lipinski definition) is 5. The highest BCUT2D eigenvalue weighted by atomic mass is 32.2. The summed E-state index contributed by atoms with van der Waals surface area (Å²) in [5.74, 6) is 0. The van der Waals surface area contributed by atoms with Crippen LogP contribution in [0.5, 0.6) is 0 Å². The van der Waals surface area contributed by atoms with Crippen LogP contribution in [0.15, 0.2) is 35.2 Å². The Morgan fingerprint density at radius 1 is 1.15 bits per heavy atom. The summed E-state index contributed by atoms with van der Waals surface area (Å²) in [6.07, 6.45) is -6.73. The summed E-state index contributed by atoms with van der Waals surface area (Å²) in [6.45, 7) is -0.709. The fourth-order valence-electron chi connectivity index (χ4n) is 1.99. The number of rotatable bonds is 3. The molecule has 1 unspecified atom stereocenters. The van der Waals surface area contributed by atoms with Crippen LogP contribution in [0.4, 0.5) is 0 Å². The van der Waals surface area contributed by atoms with Crippen molar-refractivity contribution in [1.82, 2.24) is 0 Å². The Kier molecular flexibility index (Phi) is 4.55. The summed E-state index contributed by atoms with van der Waals surface area (Å²) in [5.41, 5.74) is 0. The molecule has 1 aliphatic heterocycles. The van der Waals surface area contributed by atoms with E-state index in [0.29, 0.717) is 0 Å². The fraction of sp³-hybridized carbons (Fsp3) is 0.500. The van der Waals surface area contributed by atoms with Gasteiger partial charge in [0.25, 0.3) is 5.12 Å². The second kappa shape index (κ2) is 5.86. The van der Waals surface area contributed by atoms with Crippen LogP contribution in [0.1, 0.15) is 0 Å². The maximum Gasteiger partial charge on any atom is 0.279 e. The quantitative estimate of drug-likeness (QED) is 0.433. The van der Waals surface area contributed by atoms with Crippen LogP contribution in [-0.4, -0.2) is 65.9 Å². The van der Waals surface area contributed by atoms with Gasteiger partial charge in [0, 0.05) is 4.90 Å². The van der Waals surface area contributed by atoms with E-state index in [2.05, 4.69) is 0 Å². The van der Waals surface area contributed by atoms with E-state index in [1.807, 2.05) is 0 Å². The molecule has 0 saturated carbocycles. The maximum absolute atomic E-state index is 12.3. The van der Waals surface area contributed by atoms with Gasteiger partial charge in [0.2, 0.25) is 0 Å². The molecule has 0 radical (unpaired) electrons. The molecule has 1 fully saturated rings. The number of ether oxygens (including phenoxy) is 1. The Morgan fingerprint density at radius 3 is 2.30 bits per heavy atom. The Balaban J connectivity index is 2.34. The Bertz CT molecular complexity index is 480. The van der Waals surface area contributed by atoms with Crippen LogP contribution < -0.4 is 0 Å². The first-order valence-electron chi connectivity index (χ1n) is 5.94. The Morgan fingerprint density at radius 2 is 1.75 bits per heavy atom. The third kappa shape index (κ3) is 2.51. The second-order valence-corrected chi connectivity index (χ2v) is 6.07. The van der Waals surface area contributed by atoms with Gasteiger partial charge in [-0.25, -0.2) is 4.21 Å². The standard InChI is InChI=1S/C12H16O7S/c13-6-8-9(14)10(15)11(16)12(17,19-8)20(18)7-4-2-1-3-5-7/h1-5,8-11,13-17H,6H2/t8-,9+,10+,11-,12-,20?/m1/s1. The average Bonchev–Trinajstić information content (AvgIpc) is 2.49. The van der Waals surface area contributed by atoms with Crippen molar-refractivity contribution in [1.29, 1.82) is 0 Å². The van der Waals surface area contributed by atoms with E-state index in [1.165, 1.54) is 12.1 Å². The summed E-state index contributed by atoms with van der Waals surface area (Å²) < 4.78 is 17.3. The monoisotopic (exact) mass is 304 g/mol. The van der Waals surface area contributed by atoms with Gasteiger partial charge in [-0.05, 0) is 12.1 Å². The van der Waals surface area contributed by atoms with Crippen LogP contribution in [0, 0.1) is 0 Å². The van der Waals surface area contributed by atoms with E-state index in [4.69, 9.17) is 9.84 Å². The first-order valence-corrected chi connectivity index (χ1v) is 7.09. The molecule has 20 heavy (non-hydrogen) atoms. The molecule has 2 rings (SSSR count). The van der Waals surface area contributed by atoms with Crippen molar-refractivity contribution in [2.75, 3.05) is 6.61 Å². The van der Waals surface area contributed by atoms with Gasteiger partial charge < -0.3 is 30.3 Å². The van der Waals surface area contributed by atoms with Crippen molar-refractivity contribution in [3.63, 3.8) is 0 Å². The molecule has 8 heteroatoms. The fourth-order valence-corrected chi connectivity index (χ4v) is 3.30. The maximum atomic E-state index is 12.3. The lowest BCUT2D eigenvalue weighted by Gasteiger charge is -2.44. The molecule has 1 aromatic carbocycles. The molecular weight excluding hydrogens is 288 g/mol. The van der Waals surface area contributed by atoms with E-state index < -0.39 is 46.9 Å². The smallest absolute Gasteiger partial charge is 0.279 e. The van der Waals surface area contributed by atoms with E-state index in [0.717, 1.165) is 0 Å². The van der Waals surface area contributed by atoms with Crippen molar-refractivity contribution in [3.05, 3.63) is 30.3 Å². The van der Waals surface area contributed by atoms with Crippen molar-refractivity contribution < 1.29 is 34.5 Å². The highest BCUT2D eigenvalue weighted by Gasteiger charge is 2.56. The van der Waals surface area contributed by atoms with Crippen molar-refractivity contribution in [2.45, 2.75) is 34.4 Å². The molecule has 5 N–H and O–H groups in total. The lowest BCUT2D eigenvalue weighted by atomic mass is 9.99. The van der Waals surface area contributed by atoms with Gasteiger partial charge in [-0.15, -0.1) is 0 Å². The molecule has 6 atom stereocenters. The summed E-state index contributed by atoms with van der Waals surface area (Å²) in [6, 6.07) is 7.75. The van der Waals surface area contributed by atoms with Crippen LogP contribution in [0.2, 0.25) is 0 Å². The molecule has 112 valence electrons. The largest absolute Gasteiger partial charge is 0.394 e. The van der Waals surface area contributed by atoms with Crippen molar-refractivity contribution >= 4 is 10.8 Å². The van der Waals surface area contributed by atoms with Gasteiger partial charge in [-0.1, -0.05) is 18.2 Å². The van der Waals surface area contributed by atoms with Crippen molar-refractivity contribution in [2.24, 2.45) is 0 Å². The molecule has 7 nitrogen and oxygen atoms in total. The predicted molar refractivity (Wildman–Crippen MR) is 67.8 cm³/mol. The van der Waals surface area contributed by atoms with Crippen molar-refractivity contribution in [3.8, 4) is 0 Å². The average molecular weight is 304 g/mol. The lowest BCUT2D eigenvalue weighted by molar-refractivity contribution is -0.307. The highest BCUT2D eigenvalue weighted by Crippen LogP contribution is 2.33. The Labute approximate surface area is 117 Å². The first-order chi connectivity index (χ1) is 9.41. The normalized spacial score (nSPS) is 39.5. The molecule has 0 amide bonds. The molecule has 1 aromatic rings. The van der Waals surface area contributed by atoms with Crippen LogP contribution in [-0.2, 0) is 15.5 Å². The molecule has 0 aromatic heterocycles. The van der Waals surface area contributed by atoms with E-state index in [-0.39, 0.29) is 4.90 Å². The van der Waals surface area contributed by atoms with Crippen LogP contribution in [0.3, 0.4) is 0 Å². The molecule has 1 saturated heterocycles. The molecule has 0 bridgehead atoms. The third-order valence-corrected chi connectivity index (χ3v) is 4.72. The molecular formula is C12H16O7S. The lowest BCUT2D eigenvalue weighted by Crippen LogP contribution is -2.66. The summed E-state index contributed by atoms with van der Waals surface area (Å²) in [4.78, 5) is 0.175. The molecule has 0 aliphatic carbocycles. The highest BCUT2D eigenvalue weighted by molar-refractivity contribution is 7.86. The third-order valence-electron chi connectivity index (χ3n) is 3.15. The molecule has 1 heterocycles. The number of aliphatic hydroxyl groups is 5. The summed E-state index contributed by atoms with van der Waals surface area (Å²) in [7, 11) is -2.22. The predicted octanol–water partition coefficient (Wildman–Crippen LogP) is -2.09. The summed E-state index contributed by atoms with van der Waals surface area (Å²) in [5, 5.41) is 45.9. The zero-order chi connectivity index (χ0) is 14.9. The van der Waals surface area contributed by atoms with Gasteiger partial charge >= 0.3 is 0 Å². The minimum absolute atomic E-state index is 0.175. The van der Waals surface area contributed by atoms with Gasteiger partial charge in [-0.3, -0.25) is 0 Å². The van der Waals surface area contributed by atoms with Gasteiger partial charge in [0.1, 0.15) is 35.2 Å². The topological polar surface area (TPSA) is 127 Å².